The van der Waals surface area contributed by atoms with Gasteiger partial charge in [-0.2, -0.15) is 0 Å². The Kier molecular flexibility index (Phi) is 5.13. The van der Waals surface area contributed by atoms with Crippen LogP contribution in [0, 0.1) is 4.77 Å². The fraction of sp³-hybridized carbons (Fsp3) is 0.0667. The molecule has 21 heavy (non-hydrogen) atoms. The zero-order chi connectivity index (χ0) is 14.1. The Morgan fingerprint density at radius 2 is 1.81 bits per heavy atom. The highest BCUT2D eigenvalue weighted by atomic mass is 79.9. The molecule has 0 aliphatic carbocycles. The van der Waals surface area contributed by atoms with Gasteiger partial charge in [-0.1, -0.05) is 40.2 Å². The predicted octanol–water partition coefficient (Wildman–Crippen LogP) is 4.92. The lowest BCUT2D eigenvalue weighted by Gasteiger charge is -2.04. The van der Waals surface area contributed by atoms with Crippen LogP contribution in [0.1, 0.15) is 10.4 Å². The third kappa shape index (κ3) is 3.33. The van der Waals surface area contributed by atoms with E-state index in [1.807, 2.05) is 53.1 Å². The fourth-order valence-corrected chi connectivity index (χ4v) is 2.67. The summed E-state index contributed by atoms with van der Waals surface area (Å²) in [5.74, 6) is 0.0401. The molecule has 0 radical (unpaired) electrons. The highest BCUT2D eigenvalue weighted by Crippen LogP contribution is 2.16. The van der Waals surface area contributed by atoms with Gasteiger partial charge < -0.3 is 9.55 Å². The van der Waals surface area contributed by atoms with Crippen LogP contribution in [0.25, 0.3) is 11.0 Å². The van der Waals surface area contributed by atoms with Gasteiger partial charge in [0.15, 0.2) is 10.6 Å². The number of carbonyl (C=O) groups excluding carboxylic acids is 1. The number of nitrogens with one attached hydrogen (secondary N) is 1. The summed E-state index contributed by atoms with van der Waals surface area (Å²) in [5.41, 5.74) is 2.57. The van der Waals surface area contributed by atoms with Gasteiger partial charge in [-0.25, -0.2) is 0 Å². The second kappa shape index (κ2) is 6.68. The maximum Gasteiger partial charge on any atom is 0.182 e. The zero-order valence-corrected chi connectivity index (χ0v) is 15.0. The number of nitrogens with zero attached hydrogens (tertiary/aromatic N) is 1. The summed E-state index contributed by atoms with van der Waals surface area (Å²) in [6.45, 7) is 0.241. The summed E-state index contributed by atoms with van der Waals surface area (Å²) in [6, 6.07) is 15.1. The number of rotatable bonds is 3. The minimum atomic E-state index is 0. The maximum atomic E-state index is 12.3. The molecule has 3 rings (SSSR count). The molecule has 2 aromatic carbocycles. The van der Waals surface area contributed by atoms with Crippen molar-refractivity contribution in [1.82, 2.24) is 9.55 Å². The summed E-state index contributed by atoms with van der Waals surface area (Å²) in [7, 11) is 0. The molecule has 0 fully saturated rings. The summed E-state index contributed by atoms with van der Waals surface area (Å²) in [5, 5.41) is 0. The second-order valence-electron chi connectivity index (χ2n) is 4.46. The highest BCUT2D eigenvalue weighted by molar-refractivity contribution is 9.10. The molecule has 1 aromatic heterocycles. The Morgan fingerprint density at radius 1 is 1.14 bits per heavy atom. The Bertz CT molecular complexity index is 837. The molecule has 0 aliphatic heterocycles. The normalized spacial score (nSPS) is 10.3. The van der Waals surface area contributed by atoms with Crippen molar-refractivity contribution in [3.63, 3.8) is 0 Å². The number of H-pyrrole nitrogens is 1. The van der Waals surface area contributed by atoms with E-state index in [1.165, 1.54) is 0 Å². The van der Waals surface area contributed by atoms with E-state index >= 15 is 0 Å². The lowest BCUT2D eigenvalue weighted by Crippen LogP contribution is -2.10. The van der Waals surface area contributed by atoms with Crippen molar-refractivity contribution in [3.8, 4) is 0 Å². The lowest BCUT2D eigenvalue weighted by molar-refractivity contribution is 0.0973. The molecule has 0 bridgehead atoms. The first-order chi connectivity index (χ1) is 9.65. The highest BCUT2D eigenvalue weighted by Gasteiger charge is 2.10. The van der Waals surface area contributed by atoms with Crippen LogP contribution in [0.5, 0.6) is 0 Å². The van der Waals surface area contributed by atoms with Gasteiger partial charge in [0.1, 0.15) is 0 Å². The van der Waals surface area contributed by atoms with Gasteiger partial charge >= 0.3 is 0 Å². The largest absolute Gasteiger partial charge is 0.331 e. The average Bonchev–Trinajstić information content (AvgIpc) is 2.76. The minimum Gasteiger partial charge on any atom is -0.331 e. The SMILES string of the molecule is Br.O=C(Cn1c(=S)[nH]c2ccccc21)c1ccc(Br)cc1. The molecule has 0 saturated heterocycles. The number of para-hydroxylation sites is 2. The first-order valence-electron chi connectivity index (χ1n) is 6.11. The number of hydrogen-bond acceptors (Lipinski definition) is 2. The molecule has 108 valence electrons. The van der Waals surface area contributed by atoms with Crippen molar-refractivity contribution < 1.29 is 4.79 Å². The first kappa shape index (κ1) is 16.1. The van der Waals surface area contributed by atoms with Crippen LogP contribution in [0.15, 0.2) is 53.0 Å². The van der Waals surface area contributed by atoms with Gasteiger partial charge in [0.2, 0.25) is 0 Å². The van der Waals surface area contributed by atoms with E-state index in [0.717, 1.165) is 15.5 Å². The first-order valence-corrected chi connectivity index (χ1v) is 7.31. The molecule has 3 aromatic rings. The Labute approximate surface area is 145 Å². The summed E-state index contributed by atoms with van der Waals surface area (Å²) < 4.78 is 3.35. The molecule has 3 nitrogen and oxygen atoms in total. The summed E-state index contributed by atoms with van der Waals surface area (Å²) >= 11 is 8.65. The van der Waals surface area contributed by atoms with E-state index in [1.54, 1.807) is 0 Å². The van der Waals surface area contributed by atoms with E-state index in [0.29, 0.717) is 10.3 Å². The fourth-order valence-electron chi connectivity index (χ4n) is 2.13. The van der Waals surface area contributed by atoms with E-state index in [9.17, 15) is 4.79 Å². The van der Waals surface area contributed by atoms with Gasteiger partial charge in [-0.3, -0.25) is 4.79 Å². The van der Waals surface area contributed by atoms with Crippen LogP contribution in [0.3, 0.4) is 0 Å². The number of benzene rings is 2. The van der Waals surface area contributed by atoms with E-state index in [2.05, 4.69) is 20.9 Å². The number of Topliss-reactive ketones (excluding diaryl/α,β-unsaturated/α-hetero) is 1. The topological polar surface area (TPSA) is 37.8 Å². The van der Waals surface area contributed by atoms with Crippen molar-refractivity contribution >= 4 is 61.9 Å². The molecule has 0 unspecified atom stereocenters. The molecule has 0 aliphatic rings. The Morgan fingerprint density at radius 3 is 2.52 bits per heavy atom. The van der Waals surface area contributed by atoms with Crippen molar-refractivity contribution in [1.29, 1.82) is 0 Å². The molecular weight excluding hydrogens is 416 g/mol. The second-order valence-corrected chi connectivity index (χ2v) is 5.77. The quantitative estimate of drug-likeness (QED) is 0.475. The monoisotopic (exact) mass is 426 g/mol. The third-order valence-corrected chi connectivity index (χ3v) is 4.00. The van der Waals surface area contributed by atoms with Gasteiger partial charge in [-0.15, -0.1) is 17.0 Å². The predicted molar refractivity (Wildman–Crippen MR) is 95.9 cm³/mol. The number of aromatic nitrogens is 2. The van der Waals surface area contributed by atoms with Crippen LogP contribution >= 0.6 is 45.1 Å². The van der Waals surface area contributed by atoms with Crippen LogP contribution < -0.4 is 0 Å². The van der Waals surface area contributed by atoms with Crippen LogP contribution in [0.2, 0.25) is 0 Å². The van der Waals surface area contributed by atoms with Gasteiger partial charge in [0.05, 0.1) is 17.6 Å². The van der Waals surface area contributed by atoms with Crippen molar-refractivity contribution in [2.75, 3.05) is 0 Å². The molecule has 1 N–H and O–H groups in total. The van der Waals surface area contributed by atoms with Crippen molar-refractivity contribution in [2.45, 2.75) is 6.54 Å². The molecule has 0 saturated carbocycles. The third-order valence-electron chi connectivity index (χ3n) is 3.15. The molecular formula is C15H12Br2N2OS. The minimum absolute atomic E-state index is 0. The number of hydrogen-bond donors (Lipinski definition) is 1. The smallest absolute Gasteiger partial charge is 0.182 e. The lowest BCUT2D eigenvalue weighted by atomic mass is 10.1. The molecule has 1 heterocycles. The standard InChI is InChI=1S/C15H11BrN2OS.BrH/c16-11-7-5-10(6-8-11)14(19)9-18-13-4-2-1-3-12(13)17-15(18)20;/h1-8H,9H2,(H,17,20);1H. The van der Waals surface area contributed by atoms with E-state index in [-0.39, 0.29) is 29.3 Å². The van der Waals surface area contributed by atoms with Crippen LogP contribution in [-0.2, 0) is 6.54 Å². The summed E-state index contributed by atoms with van der Waals surface area (Å²) in [4.78, 5) is 15.4. The zero-order valence-electron chi connectivity index (χ0n) is 10.9. The van der Waals surface area contributed by atoms with Gasteiger partial charge in [0, 0.05) is 10.0 Å². The van der Waals surface area contributed by atoms with Crippen molar-refractivity contribution in [2.24, 2.45) is 0 Å². The van der Waals surface area contributed by atoms with E-state index < -0.39 is 0 Å². The number of aromatic amines is 1. The molecule has 0 atom stereocenters. The maximum absolute atomic E-state index is 12.3. The number of fused-ring (bicyclic) bond motifs is 1. The van der Waals surface area contributed by atoms with Crippen LogP contribution in [-0.4, -0.2) is 15.3 Å². The Balaban J connectivity index is 0.00000161. The molecule has 0 amide bonds. The van der Waals surface area contributed by atoms with Gasteiger partial charge in [0.25, 0.3) is 0 Å². The van der Waals surface area contributed by atoms with Crippen molar-refractivity contribution in [3.05, 3.63) is 63.3 Å². The number of ketones is 1. The number of carbonyl (C=O) groups is 1. The number of halogens is 2. The Hall–Kier alpha value is -1.24. The number of imidazole rings is 1. The van der Waals surface area contributed by atoms with E-state index in [4.69, 9.17) is 12.2 Å². The van der Waals surface area contributed by atoms with Gasteiger partial charge in [-0.05, 0) is 36.5 Å². The molecule has 0 spiro atoms. The molecule has 6 heteroatoms. The average molecular weight is 428 g/mol. The summed E-state index contributed by atoms with van der Waals surface area (Å²) in [6.07, 6.45) is 0. The van der Waals surface area contributed by atoms with Crippen LogP contribution in [0.4, 0.5) is 0 Å².